The van der Waals surface area contributed by atoms with Gasteiger partial charge in [0.25, 0.3) is 0 Å². The Labute approximate surface area is 71.7 Å². The van der Waals surface area contributed by atoms with Crippen molar-refractivity contribution in [2.45, 2.75) is 26.9 Å². The van der Waals surface area contributed by atoms with Gasteiger partial charge in [0, 0.05) is 4.88 Å². The van der Waals surface area contributed by atoms with Gasteiger partial charge < -0.3 is 5.11 Å². The molecule has 0 unspecified atom stereocenters. The molecule has 0 saturated heterocycles. The van der Waals surface area contributed by atoms with E-state index in [1.807, 2.05) is 38.3 Å². The van der Waals surface area contributed by atoms with Crippen molar-refractivity contribution in [1.29, 1.82) is 0 Å². The minimum Gasteiger partial charge on any atom is -0.387 e. The van der Waals surface area contributed by atoms with Crippen molar-refractivity contribution >= 4 is 11.3 Å². The van der Waals surface area contributed by atoms with Gasteiger partial charge in [-0.2, -0.15) is 0 Å². The molecule has 2 heteroatoms. The first-order valence-corrected chi connectivity index (χ1v) is 4.61. The number of aliphatic hydroxyl groups excluding tert-OH is 1. The lowest BCUT2D eigenvalue weighted by molar-refractivity contribution is 0.0658. The van der Waals surface area contributed by atoms with Crippen LogP contribution in [0.5, 0.6) is 0 Å². The van der Waals surface area contributed by atoms with Gasteiger partial charge in [0.1, 0.15) is 0 Å². The quantitative estimate of drug-likeness (QED) is 0.687. The molecule has 1 aromatic rings. The molecule has 1 rings (SSSR count). The fraction of sp³-hybridized carbons (Fsp3) is 0.556. The van der Waals surface area contributed by atoms with Crippen molar-refractivity contribution < 1.29 is 5.11 Å². The Bertz CT molecular complexity index is 208. The molecule has 0 aromatic carbocycles. The van der Waals surface area contributed by atoms with Crippen LogP contribution in [-0.4, -0.2) is 5.11 Å². The van der Waals surface area contributed by atoms with Gasteiger partial charge in [-0.25, -0.2) is 0 Å². The molecule has 1 aromatic heterocycles. The molecular formula is C9H14OS. The van der Waals surface area contributed by atoms with Gasteiger partial charge in [-0.15, -0.1) is 11.3 Å². The van der Waals surface area contributed by atoms with Crippen molar-refractivity contribution in [3.8, 4) is 0 Å². The van der Waals surface area contributed by atoms with Crippen molar-refractivity contribution in [2.24, 2.45) is 5.41 Å². The molecule has 1 atom stereocenters. The Morgan fingerprint density at radius 1 is 1.45 bits per heavy atom. The van der Waals surface area contributed by atoms with Crippen LogP contribution >= 0.6 is 11.3 Å². The monoisotopic (exact) mass is 170 g/mol. The molecule has 0 fully saturated rings. The Balaban J connectivity index is 2.78. The standard InChI is InChI=1S/C9H14OS/c1-9(2,3)8(10)7-5-4-6-11-7/h4-6,8,10H,1-3H3/t8-/m1/s1. The van der Waals surface area contributed by atoms with E-state index < -0.39 is 0 Å². The molecule has 0 aliphatic carbocycles. The van der Waals surface area contributed by atoms with E-state index in [1.165, 1.54) is 0 Å². The van der Waals surface area contributed by atoms with Crippen LogP contribution in [-0.2, 0) is 0 Å². The molecule has 0 radical (unpaired) electrons. The lowest BCUT2D eigenvalue weighted by Crippen LogP contribution is -2.16. The summed E-state index contributed by atoms with van der Waals surface area (Å²) in [6.07, 6.45) is -0.331. The van der Waals surface area contributed by atoms with E-state index in [1.54, 1.807) is 11.3 Å². The summed E-state index contributed by atoms with van der Waals surface area (Å²) in [5.41, 5.74) is -0.0507. The summed E-state index contributed by atoms with van der Waals surface area (Å²) < 4.78 is 0. The third kappa shape index (κ3) is 2.04. The zero-order valence-electron chi connectivity index (χ0n) is 7.16. The molecule has 1 heterocycles. The summed E-state index contributed by atoms with van der Waals surface area (Å²) in [6.45, 7) is 6.12. The molecule has 0 spiro atoms. The van der Waals surface area contributed by atoms with E-state index in [0.717, 1.165) is 4.88 Å². The van der Waals surface area contributed by atoms with Gasteiger partial charge in [0.15, 0.2) is 0 Å². The molecule has 0 aliphatic heterocycles. The third-order valence-electron chi connectivity index (χ3n) is 1.63. The van der Waals surface area contributed by atoms with Crippen molar-refractivity contribution in [2.75, 3.05) is 0 Å². The highest BCUT2D eigenvalue weighted by molar-refractivity contribution is 7.10. The van der Waals surface area contributed by atoms with Gasteiger partial charge in [0.05, 0.1) is 6.10 Å². The van der Waals surface area contributed by atoms with E-state index in [-0.39, 0.29) is 11.5 Å². The van der Waals surface area contributed by atoms with Crippen LogP contribution in [0.1, 0.15) is 31.8 Å². The highest BCUT2D eigenvalue weighted by atomic mass is 32.1. The predicted molar refractivity (Wildman–Crippen MR) is 48.7 cm³/mol. The number of rotatable bonds is 1. The number of thiophene rings is 1. The zero-order valence-corrected chi connectivity index (χ0v) is 7.98. The molecular weight excluding hydrogens is 156 g/mol. The predicted octanol–water partition coefficient (Wildman–Crippen LogP) is 2.83. The summed E-state index contributed by atoms with van der Waals surface area (Å²) in [7, 11) is 0. The van der Waals surface area contributed by atoms with Gasteiger partial charge in [-0.05, 0) is 16.9 Å². The molecule has 1 nitrogen and oxygen atoms in total. The van der Waals surface area contributed by atoms with Gasteiger partial charge in [-0.1, -0.05) is 26.8 Å². The molecule has 0 saturated carbocycles. The normalized spacial score (nSPS) is 14.9. The van der Waals surface area contributed by atoms with Crippen LogP contribution in [0, 0.1) is 5.41 Å². The van der Waals surface area contributed by atoms with Gasteiger partial charge in [0.2, 0.25) is 0 Å². The Morgan fingerprint density at radius 2 is 2.09 bits per heavy atom. The molecule has 1 N–H and O–H groups in total. The largest absolute Gasteiger partial charge is 0.387 e. The van der Waals surface area contributed by atoms with Crippen LogP contribution in [0.3, 0.4) is 0 Å². The summed E-state index contributed by atoms with van der Waals surface area (Å²) in [5, 5.41) is 11.7. The fourth-order valence-electron chi connectivity index (χ4n) is 0.874. The first-order chi connectivity index (χ1) is 5.02. The highest BCUT2D eigenvalue weighted by Gasteiger charge is 2.24. The maximum atomic E-state index is 9.76. The lowest BCUT2D eigenvalue weighted by atomic mass is 9.88. The van der Waals surface area contributed by atoms with Crippen LogP contribution in [0.2, 0.25) is 0 Å². The molecule has 11 heavy (non-hydrogen) atoms. The fourth-order valence-corrected chi connectivity index (χ4v) is 1.83. The SMILES string of the molecule is CC(C)(C)[C@H](O)c1cccs1. The molecule has 62 valence electrons. The topological polar surface area (TPSA) is 20.2 Å². The lowest BCUT2D eigenvalue weighted by Gasteiger charge is -2.24. The summed E-state index contributed by atoms with van der Waals surface area (Å²) in [6, 6.07) is 3.94. The Morgan fingerprint density at radius 3 is 2.45 bits per heavy atom. The Kier molecular flexibility index (Phi) is 2.35. The second-order valence-electron chi connectivity index (χ2n) is 3.78. The number of hydrogen-bond donors (Lipinski definition) is 1. The third-order valence-corrected chi connectivity index (χ3v) is 2.56. The van der Waals surface area contributed by atoms with Crippen LogP contribution < -0.4 is 0 Å². The van der Waals surface area contributed by atoms with E-state index in [0.29, 0.717) is 0 Å². The highest BCUT2D eigenvalue weighted by Crippen LogP contribution is 2.34. The van der Waals surface area contributed by atoms with E-state index >= 15 is 0 Å². The Hall–Kier alpha value is -0.340. The van der Waals surface area contributed by atoms with E-state index in [9.17, 15) is 5.11 Å². The van der Waals surface area contributed by atoms with Crippen molar-refractivity contribution in [1.82, 2.24) is 0 Å². The second-order valence-corrected chi connectivity index (χ2v) is 4.76. The van der Waals surface area contributed by atoms with Crippen LogP contribution in [0.25, 0.3) is 0 Å². The first-order valence-electron chi connectivity index (χ1n) is 3.73. The van der Waals surface area contributed by atoms with Crippen LogP contribution in [0.15, 0.2) is 17.5 Å². The average Bonchev–Trinajstić information content (AvgIpc) is 2.34. The second kappa shape index (κ2) is 2.95. The molecule has 0 amide bonds. The van der Waals surface area contributed by atoms with Gasteiger partial charge >= 0.3 is 0 Å². The summed E-state index contributed by atoms with van der Waals surface area (Å²) >= 11 is 1.61. The van der Waals surface area contributed by atoms with Gasteiger partial charge in [-0.3, -0.25) is 0 Å². The van der Waals surface area contributed by atoms with E-state index in [2.05, 4.69) is 0 Å². The molecule has 0 bridgehead atoms. The zero-order chi connectivity index (χ0) is 8.48. The van der Waals surface area contributed by atoms with Crippen molar-refractivity contribution in [3.63, 3.8) is 0 Å². The maximum Gasteiger partial charge on any atom is 0.0929 e. The van der Waals surface area contributed by atoms with Crippen LogP contribution in [0.4, 0.5) is 0 Å². The minimum absolute atomic E-state index is 0.0507. The maximum absolute atomic E-state index is 9.76. The number of aliphatic hydroxyl groups is 1. The molecule has 0 aliphatic rings. The van der Waals surface area contributed by atoms with Crippen molar-refractivity contribution in [3.05, 3.63) is 22.4 Å². The minimum atomic E-state index is -0.331. The number of hydrogen-bond acceptors (Lipinski definition) is 2. The average molecular weight is 170 g/mol. The summed E-state index contributed by atoms with van der Waals surface area (Å²) in [5.74, 6) is 0. The smallest absolute Gasteiger partial charge is 0.0929 e. The van der Waals surface area contributed by atoms with E-state index in [4.69, 9.17) is 0 Å². The summed E-state index contributed by atoms with van der Waals surface area (Å²) in [4.78, 5) is 1.05. The first kappa shape index (κ1) is 8.75.